The van der Waals surface area contributed by atoms with Crippen molar-refractivity contribution in [3.05, 3.63) is 12.5 Å². The zero-order valence-corrected chi connectivity index (χ0v) is 10.5. The molecule has 0 fully saturated rings. The van der Waals surface area contributed by atoms with Crippen LogP contribution in [0.1, 0.15) is 6.42 Å². The summed E-state index contributed by atoms with van der Waals surface area (Å²) in [6, 6.07) is 0. The average molecular weight is 251 g/mol. The van der Waals surface area contributed by atoms with Crippen molar-refractivity contribution < 1.29 is 9.84 Å². The highest BCUT2D eigenvalue weighted by atomic mass is 16.5. The Bertz CT molecular complexity index is 513. The van der Waals surface area contributed by atoms with Gasteiger partial charge in [0.15, 0.2) is 5.65 Å². The average Bonchev–Trinajstić information content (AvgIpc) is 2.73. The lowest BCUT2D eigenvalue weighted by Crippen LogP contribution is -2.18. The number of methoxy groups -OCH3 is 1. The molecule has 1 unspecified atom stereocenters. The summed E-state index contributed by atoms with van der Waals surface area (Å²) in [4.78, 5) is 8.33. The predicted octanol–water partition coefficient (Wildman–Crippen LogP) is 0.173. The van der Waals surface area contributed by atoms with E-state index in [1.165, 1.54) is 6.33 Å². The molecule has 2 rings (SSSR count). The third-order valence-electron chi connectivity index (χ3n) is 2.66. The SMILES string of the molecule is COCC(O)CCNc1ncnc2c1cnn2C. The summed E-state index contributed by atoms with van der Waals surface area (Å²) < 4.78 is 6.56. The second-order valence-electron chi connectivity index (χ2n) is 4.05. The van der Waals surface area contributed by atoms with E-state index in [0.717, 1.165) is 16.9 Å². The molecule has 0 saturated heterocycles. The zero-order valence-electron chi connectivity index (χ0n) is 10.5. The quantitative estimate of drug-likeness (QED) is 0.761. The smallest absolute Gasteiger partial charge is 0.163 e. The number of aliphatic hydroxyl groups excluding tert-OH is 1. The van der Waals surface area contributed by atoms with Crippen LogP contribution in [0.5, 0.6) is 0 Å². The lowest BCUT2D eigenvalue weighted by Gasteiger charge is -2.10. The van der Waals surface area contributed by atoms with Crippen molar-refractivity contribution in [1.29, 1.82) is 0 Å². The minimum atomic E-state index is -0.464. The molecule has 7 heteroatoms. The van der Waals surface area contributed by atoms with Crippen LogP contribution >= 0.6 is 0 Å². The van der Waals surface area contributed by atoms with Crippen molar-refractivity contribution >= 4 is 16.9 Å². The number of fused-ring (bicyclic) bond motifs is 1. The van der Waals surface area contributed by atoms with Crippen LogP contribution in [0, 0.1) is 0 Å². The van der Waals surface area contributed by atoms with E-state index in [2.05, 4.69) is 20.4 Å². The van der Waals surface area contributed by atoms with Gasteiger partial charge in [-0.3, -0.25) is 4.68 Å². The van der Waals surface area contributed by atoms with Crippen LogP contribution in [0.15, 0.2) is 12.5 Å². The van der Waals surface area contributed by atoms with Crippen molar-refractivity contribution in [1.82, 2.24) is 19.7 Å². The molecule has 0 aliphatic carbocycles. The molecule has 0 saturated carbocycles. The van der Waals surface area contributed by atoms with Crippen molar-refractivity contribution in [2.75, 3.05) is 25.6 Å². The summed E-state index contributed by atoms with van der Waals surface area (Å²) in [6.07, 6.45) is 3.36. The van der Waals surface area contributed by atoms with Gasteiger partial charge in [0.2, 0.25) is 0 Å². The Morgan fingerprint density at radius 2 is 2.33 bits per heavy atom. The van der Waals surface area contributed by atoms with Crippen LogP contribution in [-0.2, 0) is 11.8 Å². The van der Waals surface area contributed by atoms with Gasteiger partial charge in [0.1, 0.15) is 12.1 Å². The Kier molecular flexibility index (Phi) is 4.06. The van der Waals surface area contributed by atoms with Crippen LogP contribution in [0.25, 0.3) is 11.0 Å². The van der Waals surface area contributed by atoms with E-state index >= 15 is 0 Å². The van der Waals surface area contributed by atoms with E-state index < -0.39 is 6.10 Å². The summed E-state index contributed by atoms with van der Waals surface area (Å²) in [5, 5.41) is 17.7. The number of aliphatic hydroxyl groups is 1. The molecule has 1 atom stereocenters. The first-order valence-corrected chi connectivity index (χ1v) is 5.76. The Hall–Kier alpha value is -1.73. The van der Waals surface area contributed by atoms with E-state index in [4.69, 9.17) is 4.74 Å². The van der Waals surface area contributed by atoms with Crippen LogP contribution in [0.4, 0.5) is 5.82 Å². The molecule has 7 nitrogen and oxygen atoms in total. The third kappa shape index (κ3) is 2.74. The molecule has 2 heterocycles. The summed E-state index contributed by atoms with van der Waals surface area (Å²) in [5.74, 6) is 0.734. The molecule has 0 radical (unpaired) electrons. The molecular weight excluding hydrogens is 234 g/mol. The first-order chi connectivity index (χ1) is 8.72. The summed E-state index contributed by atoms with van der Waals surface area (Å²) >= 11 is 0. The summed E-state index contributed by atoms with van der Waals surface area (Å²) in [6.45, 7) is 0.958. The van der Waals surface area contributed by atoms with E-state index in [1.807, 2.05) is 7.05 Å². The molecule has 0 aromatic carbocycles. The first-order valence-electron chi connectivity index (χ1n) is 5.76. The zero-order chi connectivity index (χ0) is 13.0. The molecule has 2 N–H and O–H groups in total. The van der Waals surface area contributed by atoms with Crippen LogP contribution in [-0.4, -0.2) is 51.2 Å². The van der Waals surface area contributed by atoms with Crippen molar-refractivity contribution in [3.8, 4) is 0 Å². The van der Waals surface area contributed by atoms with Crippen LogP contribution in [0.2, 0.25) is 0 Å². The Balaban J connectivity index is 1.99. The maximum Gasteiger partial charge on any atom is 0.163 e. The number of nitrogens with zero attached hydrogens (tertiary/aromatic N) is 4. The number of anilines is 1. The maximum atomic E-state index is 9.53. The standard InChI is InChI=1S/C11H17N5O2/c1-16-11-9(5-15-16)10(13-7-14-11)12-4-3-8(17)6-18-2/h5,7-8,17H,3-4,6H2,1-2H3,(H,12,13,14). The van der Waals surface area contributed by atoms with E-state index in [1.54, 1.807) is 18.0 Å². The molecule has 18 heavy (non-hydrogen) atoms. The van der Waals surface area contributed by atoms with Crippen molar-refractivity contribution in [2.24, 2.45) is 7.05 Å². The lowest BCUT2D eigenvalue weighted by molar-refractivity contribution is 0.0615. The van der Waals surface area contributed by atoms with Gasteiger partial charge in [-0.2, -0.15) is 5.10 Å². The van der Waals surface area contributed by atoms with Gasteiger partial charge in [-0.1, -0.05) is 0 Å². The highest BCUT2D eigenvalue weighted by Gasteiger charge is 2.08. The van der Waals surface area contributed by atoms with E-state index in [-0.39, 0.29) is 0 Å². The van der Waals surface area contributed by atoms with Gasteiger partial charge in [-0.05, 0) is 6.42 Å². The minimum Gasteiger partial charge on any atom is -0.391 e. The Morgan fingerprint density at radius 3 is 3.11 bits per heavy atom. The molecule has 2 aromatic heterocycles. The highest BCUT2D eigenvalue weighted by Crippen LogP contribution is 2.17. The predicted molar refractivity (Wildman–Crippen MR) is 67.3 cm³/mol. The lowest BCUT2D eigenvalue weighted by atomic mass is 10.2. The molecule has 98 valence electrons. The van der Waals surface area contributed by atoms with Crippen molar-refractivity contribution in [3.63, 3.8) is 0 Å². The number of hydrogen-bond acceptors (Lipinski definition) is 6. The summed E-state index contributed by atoms with van der Waals surface area (Å²) in [5.41, 5.74) is 0.782. The molecule has 2 aromatic rings. The van der Waals surface area contributed by atoms with Gasteiger partial charge in [0, 0.05) is 20.7 Å². The monoisotopic (exact) mass is 251 g/mol. The normalized spacial score (nSPS) is 12.8. The number of aryl methyl sites for hydroxylation is 1. The van der Waals surface area contributed by atoms with Gasteiger partial charge in [0.25, 0.3) is 0 Å². The largest absolute Gasteiger partial charge is 0.391 e. The number of aromatic nitrogens is 4. The highest BCUT2D eigenvalue weighted by molar-refractivity contribution is 5.85. The molecule has 0 bridgehead atoms. The fraction of sp³-hybridized carbons (Fsp3) is 0.545. The molecule has 0 amide bonds. The Labute approximate surface area is 105 Å². The van der Waals surface area contributed by atoms with Gasteiger partial charge >= 0.3 is 0 Å². The maximum absolute atomic E-state index is 9.53. The fourth-order valence-electron chi connectivity index (χ4n) is 1.74. The fourth-order valence-corrected chi connectivity index (χ4v) is 1.74. The number of rotatable bonds is 6. The molecule has 0 aliphatic rings. The third-order valence-corrected chi connectivity index (χ3v) is 2.66. The topological polar surface area (TPSA) is 85.1 Å². The number of nitrogens with one attached hydrogen (secondary N) is 1. The molecule has 0 aliphatic heterocycles. The van der Waals surface area contributed by atoms with Crippen molar-refractivity contribution in [2.45, 2.75) is 12.5 Å². The van der Waals surface area contributed by atoms with Crippen LogP contribution < -0.4 is 5.32 Å². The summed E-state index contributed by atoms with van der Waals surface area (Å²) in [7, 11) is 3.40. The number of hydrogen-bond donors (Lipinski definition) is 2. The second-order valence-corrected chi connectivity index (χ2v) is 4.05. The minimum absolute atomic E-state index is 0.341. The van der Waals surface area contributed by atoms with E-state index in [0.29, 0.717) is 19.6 Å². The number of ether oxygens (including phenoxy) is 1. The van der Waals surface area contributed by atoms with Gasteiger partial charge < -0.3 is 15.2 Å². The van der Waals surface area contributed by atoms with E-state index in [9.17, 15) is 5.11 Å². The Morgan fingerprint density at radius 1 is 1.50 bits per heavy atom. The van der Waals surface area contributed by atoms with Crippen LogP contribution in [0.3, 0.4) is 0 Å². The second kappa shape index (κ2) is 5.74. The first kappa shape index (κ1) is 12.7. The molecular formula is C11H17N5O2. The van der Waals surface area contributed by atoms with Gasteiger partial charge in [0.05, 0.1) is 24.3 Å². The van der Waals surface area contributed by atoms with Gasteiger partial charge in [-0.25, -0.2) is 9.97 Å². The van der Waals surface area contributed by atoms with Gasteiger partial charge in [-0.15, -0.1) is 0 Å². The molecule has 0 spiro atoms.